The van der Waals surface area contributed by atoms with Gasteiger partial charge < -0.3 is 22.8 Å². The van der Waals surface area contributed by atoms with Crippen molar-refractivity contribution in [3.63, 3.8) is 0 Å². The summed E-state index contributed by atoms with van der Waals surface area (Å²) in [5.74, 6) is 0.604. The van der Waals surface area contributed by atoms with Crippen molar-refractivity contribution in [1.82, 2.24) is 52.3 Å². The number of pyridine rings is 3. The normalized spacial score (nSPS) is 11.8. The second-order valence-corrected chi connectivity index (χ2v) is 32.6. The average molecular weight is 1630 g/mol. The van der Waals surface area contributed by atoms with Crippen LogP contribution in [0.4, 0.5) is 0 Å². The van der Waals surface area contributed by atoms with E-state index in [0.29, 0.717) is 5.95 Å². The van der Waals surface area contributed by atoms with Crippen LogP contribution in [-0.4, -0.2) is 52.3 Å². The van der Waals surface area contributed by atoms with Gasteiger partial charge in [-0.1, -0.05) is 261 Å². The Hall–Kier alpha value is -17.4. The van der Waals surface area contributed by atoms with Crippen molar-refractivity contribution in [3.8, 4) is 79.0 Å². The molecule has 0 radical (unpaired) electrons. The van der Waals surface area contributed by atoms with Crippen LogP contribution in [0.1, 0.15) is 0 Å². The summed E-state index contributed by atoms with van der Waals surface area (Å²) in [4.78, 5) is 24.1. The molecule has 10 heterocycles. The molecule has 598 valence electrons. The molecule has 17 aromatic carbocycles. The van der Waals surface area contributed by atoms with Crippen molar-refractivity contribution in [2.45, 2.75) is 0 Å². The predicted octanol–water partition coefficient (Wildman–Crippen LogP) is 29.6. The molecule has 0 aliphatic heterocycles. The molecule has 0 bridgehead atoms. The molecule has 27 rings (SSSR count). The molecule has 0 saturated heterocycles. The number of aromatic nitrogens is 11. The van der Waals surface area contributed by atoms with Crippen molar-refractivity contribution in [2.75, 3.05) is 0 Å². The molecule has 0 saturated carbocycles. The number of hydrogen-bond acceptors (Lipinski definition) is 5. The van der Waals surface area contributed by atoms with E-state index in [1.165, 1.54) is 148 Å². The van der Waals surface area contributed by atoms with Crippen molar-refractivity contribution >= 4 is 153 Å². The number of hydrogen-bond donors (Lipinski definition) is 0. The first-order valence-electron chi connectivity index (χ1n) is 43.3. The van der Waals surface area contributed by atoms with E-state index in [4.69, 9.17) is 15.0 Å². The van der Waals surface area contributed by atoms with E-state index in [1.807, 2.05) is 67.4 Å². The average Bonchev–Trinajstić information content (AvgIpc) is 1.61. The zero-order valence-electron chi connectivity index (χ0n) is 69.2. The van der Waals surface area contributed by atoms with Gasteiger partial charge in [0.1, 0.15) is 5.65 Å². The van der Waals surface area contributed by atoms with Crippen molar-refractivity contribution in [2.24, 2.45) is 0 Å². The lowest BCUT2D eigenvalue weighted by molar-refractivity contribution is 0.998. The highest BCUT2D eigenvalue weighted by atomic mass is 15.2. The quantitative estimate of drug-likeness (QED) is 0.136. The summed E-state index contributed by atoms with van der Waals surface area (Å²) in [5.41, 5.74) is 29.5. The molecule has 0 spiro atoms. The minimum Gasteiger partial charge on any atom is -0.309 e. The lowest BCUT2D eigenvalue weighted by Gasteiger charge is -2.11. The highest BCUT2D eigenvalue weighted by molar-refractivity contribution is 6.21. The molecule has 0 unspecified atom stereocenters. The molecule has 11 nitrogen and oxygen atoms in total. The summed E-state index contributed by atoms with van der Waals surface area (Å²) in [7, 11) is 0. The molecule has 128 heavy (non-hydrogen) atoms. The Labute approximate surface area is 734 Å². The van der Waals surface area contributed by atoms with Crippen LogP contribution in [0, 0.1) is 0 Å². The third kappa shape index (κ3) is 11.9. The fourth-order valence-corrected chi connectivity index (χ4v) is 20.1. The Balaban J connectivity index is 0.000000105. The van der Waals surface area contributed by atoms with Crippen LogP contribution >= 0.6 is 0 Å². The Bertz CT molecular complexity index is 9070. The van der Waals surface area contributed by atoms with E-state index in [2.05, 4.69) is 426 Å². The highest BCUT2D eigenvalue weighted by Gasteiger charge is 2.25. The van der Waals surface area contributed by atoms with Gasteiger partial charge in [-0.2, -0.15) is 0 Å². The third-order valence-corrected chi connectivity index (χ3v) is 25.6. The third-order valence-electron chi connectivity index (χ3n) is 25.6. The standard InChI is InChI=1S/C43H27N5.C39H25N3.C35H23N3/c1-3-13-28(14-4-1)41-33-17-7-9-21-36(33)45-43(46-41)48-38-25-24-29(27-35(38)32-20-12-26-44-42(32)48)31-19-11-23-39-40(31)34-18-8-10-22-37(34)47(39)30-15-5-2-6-16-30;1-2-11-29(12-3-1)41-36-20-18-28(24-34(36)32-21-22-40-25-38(32)41)31-14-8-16-37-39(31)33-13-6-7-15-35(33)42(37)30-19-17-26-9-4-5-10-27(26)23-30;1-3-10-25(11-4-1)37-31-16-8-7-14-29(31)35-27(15-9-17-33(35)37)24-18-19-32-30(22-24)28-20-21-36-23-34(28)38(32)26-12-5-2-6-13-26/h1-27H;1-25H;1-23H. The maximum absolute atomic E-state index is 5.21. The van der Waals surface area contributed by atoms with Gasteiger partial charge in [0.05, 0.1) is 84.3 Å². The van der Waals surface area contributed by atoms with Crippen LogP contribution in [0.5, 0.6) is 0 Å². The summed E-state index contributed by atoms with van der Waals surface area (Å²) in [5, 5.41) is 18.1. The predicted molar refractivity (Wildman–Crippen MR) is 531 cm³/mol. The maximum atomic E-state index is 5.21. The lowest BCUT2D eigenvalue weighted by Crippen LogP contribution is -2.04. The van der Waals surface area contributed by atoms with Crippen LogP contribution < -0.4 is 0 Å². The monoisotopic (exact) mass is 1630 g/mol. The molecule has 0 aliphatic carbocycles. The highest BCUT2D eigenvalue weighted by Crippen LogP contribution is 2.47. The minimum absolute atomic E-state index is 0.604. The van der Waals surface area contributed by atoms with Gasteiger partial charge in [-0.05, 0) is 208 Å². The van der Waals surface area contributed by atoms with Gasteiger partial charge in [0.2, 0.25) is 5.95 Å². The SMILES string of the molecule is c1ccc(-c2nc(-n3c4ccc(-c5cccc6c5c5ccccc5n6-c5ccccc5)cc4c4cccnc43)nc3ccccc23)cc1.c1ccc(-n2c3ccc(-c4cccc5c4c4ccccc4n5-c4ccc5ccccc5c4)cc3c3ccncc32)cc1.c1ccc(-n2c3ccc(-c4cccc5c4c4ccccc4n5-c4ccccc4)cc3c3ccncc32)cc1. The van der Waals surface area contributed by atoms with E-state index in [0.717, 1.165) is 77.8 Å². The molecule has 10 aromatic heterocycles. The van der Waals surface area contributed by atoms with Gasteiger partial charge in [0.15, 0.2) is 0 Å². The summed E-state index contributed by atoms with van der Waals surface area (Å²) in [6.07, 6.45) is 9.56. The van der Waals surface area contributed by atoms with E-state index >= 15 is 0 Å². The Morgan fingerprint density at radius 3 is 1.03 bits per heavy atom. The number of nitrogens with zero attached hydrogens (tertiary/aromatic N) is 11. The molecule has 0 N–H and O–H groups in total. The van der Waals surface area contributed by atoms with E-state index in [-0.39, 0.29) is 0 Å². The van der Waals surface area contributed by atoms with Crippen LogP contribution in [0.3, 0.4) is 0 Å². The number of para-hydroxylation sites is 8. The first-order chi connectivity index (χ1) is 63.6. The van der Waals surface area contributed by atoms with Gasteiger partial charge in [-0.3, -0.25) is 14.5 Å². The number of fused-ring (bicyclic) bond motifs is 20. The van der Waals surface area contributed by atoms with Crippen molar-refractivity contribution in [1.29, 1.82) is 0 Å². The number of rotatable bonds is 10. The Morgan fingerprint density at radius 2 is 0.555 bits per heavy atom. The molecule has 0 amide bonds. The minimum atomic E-state index is 0.604. The molecular formula is C117H75N11. The Kier molecular flexibility index (Phi) is 17.3. The fraction of sp³-hybridized carbons (Fsp3) is 0. The fourth-order valence-electron chi connectivity index (χ4n) is 20.1. The first-order valence-corrected chi connectivity index (χ1v) is 43.3. The second-order valence-electron chi connectivity index (χ2n) is 32.6. The second kappa shape index (κ2) is 30.3. The van der Waals surface area contributed by atoms with Gasteiger partial charge in [-0.25, -0.2) is 15.0 Å². The Morgan fingerprint density at radius 1 is 0.188 bits per heavy atom. The zero-order chi connectivity index (χ0) is 84.3. The molecule has 0 fully saturated rings. The van der Waals surface area contributed by atoms with Gasteiger partial charge in [-0.15, -0.1) is 0 Å². The van der Waals surface area contributed by atoms with Crippen molar-refractivity contribution < 1.29 is 0 Å². The van der Waals surface area contributed by atoms with Gasteiger partial charge in [0, 0.05) is 123 Å². The molecular weight excluding hydrogens is 1560 g/mol. The van der Waals surface area contributed by atoms with Crippen LogP contribution in [-0.2, 0) is 0 Å². The number of benzene rings is 17. The van der Waals surface area contributed by atoms with Crippen LogP contribution in [0.15, 0.2) is 456 Å². The van der Waals surface area contributed by atoms with Crippen LogP contribution in [0.25, 0.3) is 232 Å². The summed E-state index contributed by atoms with van der Waals surface area (Å²) in [6, 6.07) is 151. The largest absolute Gasteiger partial charge is 0.309 e. The van der Waals surface area contributed by atoms with Crippen LogP contribution in [0.2, 0.25) is 0 Å². The summed E-state index contributed by atoms with van der Waals surface area (Å²) < 4.78 is 13.9. The van der Waals surface area contributed by atoms with E-state index in [9.17, 15) is 0 Å². The lowest BCUT2D eigenvalue weighted by atomic mass is 9.98. The van der Waals surface area contributed by atoms with E-state index in [1.54, 1.807) is 0 Å². The van der Waals surface area contributed by atoms with E-state index < -0.39 is 0 Å². The van der Waals surface area contributed by atoms with Gasteiger partial charge >= 0.3 is 0 Å². The first kappa shape index (κ1) is 73.3. The van der Waals surface area contributed by atoms with Crippen molar-refractivity contribution in [3.05, 3.63) is 456 Å². The topological polar surface area (TPSA) is 94.0 Å². The molecule has 0 atom stereocenters. The summed E-state index contributed by atoms with van der Waals surface area (Å²) >= 11 is 0. The smallest absolute Gasteiger partial charge is 0.237 e. The van der Waals surface area contributed by atoms with Gasteiger partial charge in [0.25, 0.3) is 0 Å². The zero-order valence-corrected chi connectivity index (χ0v) is 69.2. The summed E-state index contributed by atoms with van der Waals surface area (Å²) in [6.45, 7) is 0. The molecule has 27 aromatic rings. The molecule has 0 aliphatic rings. The maximum Gasteiger partial charge on any atom is 0.237 e. The molecule has 11 heteroatoms.